The fourth-order valence-electron chi connectivity index (χ4n) is 1.91. The van der Waals surface area contributed by atoms with Crippen molar-refractivity contribution in [1.29, 1.82) is 0 Å². The Balaban J connectivity index is 2.05. The van der Waals surface area contributed by atoms with Gasteiger partial charge in [-0.15, -0.1) is 0 Å². The van der Waals surface area contributed by atoms with E-state index < -0.39 is 17.3 Å². The lowest BCUT2D eigenvalue weighted by Crippen LogP contribution is -2.08. The first-order valence-corrected chi connectivity index (χ1v) is 7.67. The molecule has 0 aliphatic rings. The fraction of sp³-hybridized carbons (Fsp3) is 0.357. The molecule has 108 valence electrons. The lowest BCUT2D eigenvalue weighted by atomic mass is 10.1. The molecule has 0 fully saturated rings. The molecule has 0 aliphatic carbocycles. The maximum Gasteiger partial charge on any atom is 0.319 e. The molecule has 0 saturated heterocycles. The highest BCUT2D eigenvalue weighted by atomic mass is 32.2. The third-order valence-electron chi connectivity index (χ3n) is 3.15. The van der Waals surface area contributed by atoms with Crippen LogP contribution < -0.4 is 0 Å². The van der Waals surface area contributed by atoms with E-state index in [1.165, 1.54) is 18.0 Å². The zero-order chi connectivity index (χ0) is 14.7. The van der Waals surface area contributed by atoms with Crippen molar-refractivity contribution in [2.45, 2.75) is 31.9 Å². The van der Waals surface area contributed by atoms with Crippen LogP contribution in [0, 0.1) is 13.8 Å². The summed E-state index contributed by atoms with van der Waals surface area (Å²) >= 11 is 0. The minimum absolute atomic E-state index is 0.0320. The van der Waals surface area contributed by atoms with Crippen molar-refractivity contribution in [3.8, 4) is 0 Å². The van der Waals surface area contributed by atoms with E-state index in [1.807, 2.05) is 32.0 Å². The highest BCUT2D eigenvalue weighted by molar-refractivity contribution is 7.83. The lowest BCUT2D eigenvalue weighted by molar-refractivity contribution is 0.0677. The number of alkyl halides is 2. The molecule has 2 aromatic rings. The van der Waals surface area contributed by atoms with Gasteiger partial charge in [0.15, 0.2) is 0 Å². The summed E-state index contributed by atoms with van der Waals surface area (Å²) in [5.41, 5.74) is 3.25. The number of halogens is 2. The van der Waals surface area contributed by atoms with E-state index in [2.05, 4.69) is 4.98 Å². The first-order valence-electron chi connectivity index (χ1n) is 6.18. The summed E-state index contributed by atoms with van der Waals surface area (Å²) in [6, 6.07) is 5.87. The SMILES string of the molecule is Cc1ccc(C[S@](=O)Cc2nccn2C(F)F)cc1C. The molecule has 20 heavy (non-hydrogen) atoms. The minimum Gasteiger partial charge on any atom is -0.277 e. The van der Waals surface area contributed by atoms with Crippen molar-refractivity contribution in [2.75, 3.05) is 0 Å². The third kappa shape index (κ3) is 3.50. The van der Waals surface area contributed by atoms with E-state index in [4.69, 9.17) is 0 Å². The standard InChI is InChI=1S/C14H16F2N2OS/c1-10-3-4-12(7-11(10)2)8-20(19)9-13-17-5-6-18(13)14(15)16/h3-7,14H,8-9H2,1-2H3/t20-/m0/s1. The molecule has 1 atom stereocenters. The molecule has 0 saturated carbocycles. The predicted molar refractivity (Wildman–Crippen MR) is 74.9 cm³/mol. The number of imidazole rings is 1. The molecule has 1 heterocycles. The van der Waals surface area contributed by atoms with Crippen molar-refractivity contribution >= 4 is 10.8 Å². The van der Waals surface area contributed by atoms with Crippen LogP contribution in [0.3, 0.4) is 0 Å². The van der Waals surface area contributed by atoms with Crippen LogP contribution in [0.15, 0.2) is 30.6 Å². The van der Waals surface area contributed by atoms with Crippen LogP contribution in [-0.4, -0.2) is 13.8 Å². The van der Waals surface area contributed by atoms with Gasteiger partial charge in [-0.2, -0.15) is 8.78 Å². The van der Waals surface area contributed by atoms with Gasteiger partial charge < -0.3 is 0 Å². The van der Waals surface area contributed by atoms with Crippen LogP contribution in [0.4, 0.5) is 8.78 Å². The number of aromatic nitrogens is 2. The number of hydrogen-bond donors (Lipinski definition) is 0. The van der Waals surface area contributed by atoms with Crippen molar-refractivity contribution in [2.24, 2.45) is 0 Å². The van der Waals surface area contributed by atoms with Gasteiger partial charge in [0.25, 0.3) is 0 Å². The minimum atomic E-state index is -2.65. The van der Waals surface area contributed by atoms with Crippen molar-refractivity contribution < 1.29 is 13.0 Å². The van der Waals surface area contributed by atoms with E-state index in [-0.39, 0.29) is 11.6 Å². The average Bonchev–Trinajstić information content (AvgIpc) is 2.82. The Morgan fingerprint density at radius 1 is 1.25 bits per heavy atom. The second-order valence-electron chi connectivity index (χ2n) is 4.68. The van der Waals surface area contributed by atoms with Gasteiger partial charge in [0.1, 0.15) is 5.82 Å². The molecule has 1 aromatic heterocycles. The number of rotatable bonds is 5. The molecule has 0 N–H and O–H groups in total. The lowest BCUT2D eigenvalue weighted by Gasteiger charge is -2.07. The zero-order valence-corrected chi connectivity index (χ0v) is 12.2. The number of benzene rings is 1. The smallest absolute Gasteiger partial charge is 0.277 e. The van der Waals surface area contributed by atoms with E-state index >= 15 is 0 Å². The van der Waals surface area contributed by atoms with Crippen LogP contribution in [0.5, 0.6) is 0 Å². The zero-order valence-electron chi connectivity index (χ0n) is 11.3. The molecule has 0 spiro atoms. The van der Waals surface area contributed by atoms with Crippen LogP contribution in [0.1, 0.15) is 29.1 Å². The van der Waals surface area contributed by atoms with Crippen LogP contribution in [0.2, 0.25) is 0 Å². The first kappa shape index (κ1) is 14.8. The first-order chi connectivity index (χ1) is 9.47. The van der Waals surface area contributed by atoms with E-state index in [1.54, 1.807) is 0 Å². The molecule has 1 aromatic carbocycles. The fourth-order valence-corrected chi connectivity index (χ4v) is 3.07. The van der Waals surface area contributed by atoms with Gasteiger partial charge >= 0.3 is 6.55 Å². The van der Waals surface area contributed by atoms with Gasteiger partial charge in [-0.05, 0) is 30.5 Å². The average molecular weight is 298 g/mol. The van der Waals surface area contributed by atoms with Gasteiger partial charge in [-0.1, -0.05) is 18.2 Å². The van der Waals surface area contributed by atoms with Crippen molar-refractivity contribution in [3.63, 3.8) is 0 Å². The number of nitrogens with zero attached hydrogens (tertiary/aromatic N) is 2. The quantitative estimate of drug-likeness (QED) is 0.848. The molecule has 0 amide bonds. The summed E-state index contributed by atoms with van der Waals surface area (Å²) in [5, 5.41) is 0. The Morgan fingerprint density at radius 2 is 2.00 bits per heavy atom. The molecule has 3 nitrogen and oxygen atoms in total. The van der Waals surface area contributed by atoms with Gasteiger partial charge in [0.2, 0.25) is 0 Å². The molecule has 2 rings (SSSR count). The molecule has 0 bridgehead atoms. The Labute approximate surface area is 119 Å². The Kier molecular flexibility index (Phi) is 4.65. The maximum atomic E-state index is 12.7. The van der Waals surface area contributed by atoms with Crippen LogP contribution in [0.25, 0.3) is 0 Å². The number of aryl methyl sites for hydroxylation is 2. The highest BCUT2D eigenvalue weighted by Gasteiger charge is 2.14. The maximum absolute atomic E-state index is 12.7. The third-order valence-corrected chi connectivity index (χ3v) is 4.38. The normalized spacial score (nSPS) is 12.8. The van der Waals surface area contributed by atoms with Crippen molar-refractivity contribution in [1.82, 2.24) is 9.55 Å². The highest BCUT2D eigenvalue weighted by Crippen LogP contribution is 2.16. The van der Waals surface area contributed by atoms with Gasteiger partial charge in [-0.25, -0.2) is 4.98 Å². The van der Waals surface area contributed by atoms with Crippen molar-refractivity contribution in [3.05, 3.63) is 53.1 Å². The summed E-state index contributed by atoms with van der Waals surface area (Å²) in [5.74, 6) is 0.531. The molecular formula is C14H16F2N2OS. The molecule has 6 heteroatoms. The number of hydrogen-bond acceptors (Lipinski definition) is 2. The Bertz CT molecular complexity index is 625. The summed E-state index contributed by atoms with van der Waals surface area (Å²) < 4.78 is 38.1. The van der Waals surface area contributed by atoms with E-state index in [0.717, 1.165) is 15.7 Å². The summed E-state index contributed by atoms with van der Waals surface area (Å²) in [4.78, 5) is 3.84. The predicted octanol–water partition coefficient (Wildman–Crippen LogP) is 3.34. The molecule has 0 aliphatic heterocycles. The summed E-state index contributed by atoms with van der Waals surface area (Å²) in [6.45, 7) is 1.35. The van der Waals surface area contributed by atoms with Crippen LogP contribution >= 0.6 is 0 Å². The molecule has 0 unspecified atom stereocenters. The van der Waals surface area contributed by atoms with Gasteiger partial charge in [0, 0.05) is 28.9 Å². The monoisotopic (exact) mass is 298 g/mol. The largest absolute Gasteiger partial charge is 0.319 e. The van der Waals surface area contributed by atoms with Gasteiger partial charge in [-0.3, -0.25) is 8.78 Å². The topological polar surface area (TPSA) is 34.9 Å². The Morgan fingerprint density at radius 3 is 2.65 bits per heavy atom. The second-order valence-corrected chi connectivity index (χ2v) is 6.13. The Hall–Kier alpha value is -1.56. The van der Waals surface area contributed by atoms with E-state index in [0.29, 0.717) is 5.75 Å². The summed E-state index contributed by atoms with van der Waals surface area (Å²) in [7, 11) is -1.26. The van der Waals surface area contributed by atoms with Gasteiger partial charge in [0.05, 0.1) is 5.75 Å². The van der Waals surface area contributed by atoms with E-state index in [9.17, 15) is 13.0 Å². The summed E-state index contributed by atoms with van der Waals surface area (Å²) in [6.07, 6.45) is 2.50. The second kappa shape index (κ2) is 6.26. The van der Waals surface area contributed by atoms with Crippen LogP contribution in [-0.2, 0) is 22.3 Å². The molecule has 0 radical (unpaired) electrons. The molecular weight excluding hydrogens is 282 g/mol.